The van der Waals surface area contributed by atoms with Gasteiger partial charge in [0, 0.05) is 13.1 Å². The smallest absolute Gasteiger partial charge is 0.434 e. The fraction of sp³-hybridized carbons (Fsp3) is 0.579. The third-order valence-electron chi connectivity index (χ3n) is 3.77. The molecule has 6 nitrogen and oxygen atoms in total. The van der Waals surface area contributed by atoms with Crippen molar-refractivity contribution in [3.05, 3.63) is 23.3 Å². The lowest BCUT2D eigenvalue weighted by Crippen LogP contribution is -2.33. The molecule has 0 aliphatic carbocycles. The second-order valence-electron chi connectivity index (χ2n) is 6.70. The first-order valence-corrected chi connectivity index (χ1v) is 8.60. The number of carbonyl (C=O) groups is 2. The highest BCUT2D eigenvalue weighted by molar-refractivity contribution is 5.74. The Bertz CT molecular complexity index is 615. The molecule has 140 valence electrons. The van der Waals surface area contributed by atoms with Gasteiger partial charge in [0.1, 0.15) is 0 Å². The van der Waals surface area contributed by atoms with Crippen molar-refractivity contribution in [2.24, 2.45) is 0 Å². The van der Waals surface area contributed by atoms with Crippen molar-refractivity contribution in [2.45, 2.75) is 53.9 Å². The Kier molecular flexibility index (Phi) is 7.27. The average molecular weight is 351 g/mol. The first kappa shape index (κ1) is 20.8. The van der Waals surface area contributed by atoms with E-state index in [2.05, 4.69) is 20.8 Å². The van der Waals surface area contributed by atoms with E-state index in [0.29, 0.717) is 18.7 Å². The highest BCUT2D eigenvalue weighted by atomic mass is 16.7. The van der Waals surface area contributed by atoms with E-state index in [1.54, 1.807) is 24.8 Å². The second kappa shape index (κ2) is 8.74. The Morgan fingerprint density at radius 3 is 2.12 bits per heavy atom. The van der Waals surface area contributed by atoms with E-state index in [1.807, 2.05) is 19.9 Å². The van der Waals surface area contributed by atoms with Crippen LogP contribution in [0.5, 0.6) is 11.5 Å². The number of rotatable bonds is 5. The van der Waals surface area contributed by atoms with Crippen LogP contribution in [0.4, 0.5) is 9.59 Å². The number of ether oxygens (including phenoxy) is 3. The molecule has 1 aromatic carbocycles. The minimum Gasteiger partial charge on any atom is -0.434 e. The van der Waals surface area contributed by atoms with Crippen molar-refractivity contribution in [1.82, 2.24) is 4.90 Å². The van der Waals surface area contributed by atoms with Gasteiger partial charge in [0.2, 0.25) is 0 Å². The summed E-state index contributed by atoms with van der Waals surface area (Å²) in [7, 11) is 0. The third-order valence-corrected chi connectivity index (χ3v) is 3.77. The SMILES string of the molecule is CCOC(=O)Oc1c(C)cc(C(C)(C)C)cc1OC(=O)N(CC)CC. The Balaban J connectivity index is 3.30. The molecule has 0 fully saturated rings. The van der Waals surface area contributed by atoms with Gasteiger partial charge in [-0.1, -0.05) is 26.8 Å². The molecule has 0 spiro atoms. The van der Waals surface area contributed by atoms with Crippen LogP contribution >= 0.6 is 0 Å². The maximum absolute atomic E-state index is 12.3. The van der Waals surface area contributed by atoms with Crippen LogP contribution in [0.25, 0.3) is 0 Å². The molecule has 6 heteroatoms. The summed E-state index contributed by atoms with van der Waals surface area (Å²) < 4.78 is 15.7. The van der Waals surface area contributed by atoms with Gasteiger partial charge in [-0.05, 0) is 50.3 Å². The molecule has 0 aromatic heterocycles. The number of carbonyl (C=O) groups excluding carboxylic acids is 2. The van der Waals surface area contributed by atoms with Crippen LogP contribution in [0.15, 0.2) is 12.1 Å². The maximum Gasteiger partial charge on any atom is 0.513 e. The Morgan fingerprint density at radius 1 is 1.04 bits per heavy atom. The Morgan fingerprint density at radius 2 is 1.64 bits per heavy atom. The molecule has 0 aliphatic rings. The predicted molar refractivity (Wildman–Crippen MR) is 96.5 cm³/mol. The molecule has 25 heavy (non-hydrogen) atoms. The standard InChI is InChI=1S/C19H29NO5/c1-8-20(9-2)17(21)24-15-12-14(19(5,6)7)11-13(4)16(15)25-18(22)23-10-3/h11-12H,8-10H2,1-7H3. The van der Waals surface area contributed by atoms with Gasteiger partial charge >= 0.3 is 12.2 Å². The van der Waals surface area contributed by atoms with Crippen LogP contribution in [0.1, 0.15) is 52.7 Å². The van der Waals surface area contributed by atoms with Crippen molar-refractivity contribution < 1.29 is 23.8 Å². The van der Waals surface area contributed by atoms with Crippen LogP contribution in [-0.4, -0.2) is 36.8 Å². The summed E-state index contributed by atoms with van der Waals surface area (Å²) >= 11 is 0. The molecule has 0 aliphatic heterocycles. The maximum atomic E-state index is 12.3. The number of hydrogen-bond donors (Lipinski definition) is 0. The lowest BCUT2D eigenvalue weighted by molar-refractivity contribution is 0.102. The summed E-state index contributed by atoms with van der Waals surface area (Å²) in [5, 5.41) is 0. The number of amides is 1. The summed E-state index contributed by atoms with van der Waals surface area (Å²) in [6.07, 6.45) is -1.31. The van der Waals surface area contributed by atoms with Gasteiger partial charge in [-0.25, -0.2) is 9.59 Å². The van der Waals surface area contributed by atoms with E-state index in [0.717, 1.165) is 5.56 Å². The molecule has 1 rings (SSSR count). The van der Waals surface area contributed by atoms with E-state index < -0.39 is 12.2 Å². The van der Waals surface area contributed by atoms with E-state index in [9.17, 15) is 9.59 Å². The van der Waals surface area contributed by atoms with Crippen LogP contribution in [0.2, 0.25) is 0 Å². The fourth-order valence-corrected chi connectivity index (χ4v) is 2.25. The number of nitrogens with zero attached hydrogens (tertiary/aromatic N) is 1. The summed E-state index contributed by atoms with van der Waals surface area (Å²) in [5.41, 5.74) is 1.52. The van der Waals surface area contributed by atoms with Crippen LogP contribution in [0.3, 0.4) is 0 Å². The lowest BCUT2D eigenvalue weighted by Gasteiger charge is -2.24. The molecular weight excluding hydrogens is 322 g/mol. The number of aryl methyl sites for hydroxylation is 1. The van der Waals surface area contributed by atoms with E-state index in [-0.39, 0.29) is 23.5 Å². The van der Waals surface area contributed by atoms with Crippen molar-refractivity contribution in [3.8, 4) is 11.5 Å². The zero-order valence-corrected chi connectivity index (χ0v) is 16.3. The van der Waals surface area contributed by atoms with Gasteiger partial charge in [-0.3, -0.25) is 0 Å². The van der Waals surface area contributed by atoms with Crippen LogP contribution in [-0.2, 0) is 10.2 Å². The lowest BCUT2D eigenvalue weighted by atomic mass is 9.86. The highest BCUT2D eigenvalue weighted by Gasteiger charge is 2.23. The zero-order valence-electron chi connectivity index (χ0n) is 16.3. The summed E-state index contributed by atoms with van der Waals surface area (Å²) in [6.45, 7) is 14.7. The summed E-state index contributed by atoms with van der Waals surface area (Å²) in [4.78, 5) is 25.6. The Hall–Kier alpha value is -2.24. The Labute approximate surface area is 150 Å². The van der Waals surface area contributed by atoms with E-state index in [1.165, 1.54) is 0 Å². The molecule has 0 bridgehead atoms. The van der Waals surface area contributed by atoms with E-state index in [4.69, 9.17) is 14.2 Å². The topological polar surface area (TPSA) is 65.1 Å². The first-order valence-electron chi connectivity index (χ1n) is 8.60. The molecule has 0 atom stereocenters. The minimum absolute atomic E-state index is 0.149. The summed E-state index contributed by atoms with van der Waals surface area (Å²) in [5.74, 6) is 0.418. The van der Waals surface area contributed by atoms with Crippen molar-refractivity contribution in [1.29, 1.82) is 0 Å². The molecule has 0 radical (unpaired) electrons. The molecule has 0 heterocycles. The number of benzene rings is 1. The zero-order chi connectivity index (χ0) is 19.2. The van der Waals surface area contributed by atoms with E-state index >= 15 is 0 Å². The molecule has 0 saturated carbocycles. The highest BCUT2D eigenvalue weighted by Crippen LogP contribution is 2.37. The van der Waals surface area contributed by atoms with Gasteiger partial charge in [0.15, 0.2) is 11.5 Å². The van der Waals surface area contributed by atoms with Gasteiger partial charge in [-0.2, -0.15) is 0 Å². The largest absolute Gasteiger partial charge is 0.513 e. The molecule has 1 amide bonds. The molecule has 0 saturated heterocycles. The predicted octanol–water partition coefficient (Wildman–Crippen LogP) is 4.67. The van der Waals surface area contributed by atoms with Crippen molar-refractivity contribution in [2.75, 3.05) is 19.7 Å². The van der Waals surface area contributed by atoms with Gasteiger partial charge in [0.05, 0.1) is 6.61 Å². The average Bonchev–Trinajstić information content (AvgIpc) is 2.50. The monoisotopic (exact) mass is 351 g/mol. The minimum atomic E-state index is -0.825. The van der Waals surface area contributed by atoms with Gasteiger partial charge in [-0.15, -0.1) is 0 Å². The quantitative estimate of drug-likeness (QED) is 0.570. The molecule has 1 aromatic rings. The third kappa shape index (κ3) is 5.66. The van der Waals surface area contributed by atoms with Crippen LogP contribution in [0, 0.1) is 6.92 Å². The summed E-state index contributed by atoms with van der Waals surface area (Å²) in [6, 6.07) is 3.66. The van der Waals surface area contributed by atoms with Crippen molar-refractivity contribution in [3.63, 3.8) is 0 Å². The van der Waals surface area contributed by atoms with Gasteiger partial charge < -0.3 is 19.1 Å². The van der Waals surface area contributed by atoms with Gasteiger partial charge in [0.25, 0.3) is 0 Å². The first-order chi connectivity index (χ1) is 11.6. The number of hydrogen-bond acceptors (Lipinski definition) is 5. The fourth-order valence-electron chi connectivity index (χ4n) is 2.25. The normalized spacial score (nSPS) is 11.0. The van der Waals surface area contributed by atoms with Crippen molar-refractivity contribution >= 4 is 12.2 Å². The second-order valence-corrected chi connectivity index (χ2v) is 6.70. The molecule has 0 N–H and O–H groups in total. The molecular formula is C19H29NO5. The molecule has 0 unspecified atom stereocenters. The van der Waals surface area contributed by atoms with Crippen LogP contribution < -0.4 is 9.47 Å².